The van der Waals surface area contributed by atoms with Crippen LogP contribution < -0.4 is 5.32 Å². The summed E-state index contributed by atoms with van der Waals surface area (Å²) in [6.07, 6.45) is 7.06. The van der Waals surface area contributed by atoms with Crippen molar-refractivity contribution in [2.45, 2.75) is 52.5 Å². The summed E-state index contributed by atoms with van der Waals surface area (Å²) in [5.74, 6) is 0.876. The normalized spacial score (nSPS) is 15.9. The standard InChI is InChI=1S/C21H27N3S/c1-15-12-18(14-22-13-17-8-4-3-5-9-17)16(2)24(15)21-23-19-10-6-7-11-20(19)25-21/h6-7,10-12,17,22H,3-5,8-9,13-14H2,1-2H3. The summed E-state index contributed by atoms with van der Waals surface area (Å²) in [4.78, 5) is 4.83. The number of hydrogen-bond donors (Lipinski definition) is 1. The van der Waals surface area contributed by atoms with Crippen molar-refractivity contribution in [1.29, 1.82) is 0 Å². The van der Waals surface area contributed by atoms with E-state index in [2.05, 4.69) is 54.1 Å². The van der Waals surface area contributed by atoms with Crippen LogP contribution in [-0.2, 0) is 6.54 Å². The van der Waals surface area contributed by atoms with Gasteiger partial charge in [-0.25, -0.2) is 4.98 Å². The van der Waals surface area contributed by atoms with Gasteiger partial charge in [-0.15, -0.1) is 0 Å². The number of nitrogens with one attached hydrogen (secondary N) is 1. The second kappa shape index (κ2) is 7.30. The predicted octanol–water partition coefficient (Wildman–Crippen LogP) is 5.37. The summed E-state index contributed by atoms with van der Waals surface area (Å²) in [6, 6.07) is 10.7. The number of fused-ring (bicyclic) bond motifs is 1. The topological polar surface area (TPSA) is 29.9 Å². The molecule has 3 aromatic rings. The number of nitrogens with zero attached hydrogens (tertiary/aromatic N) is 2. The van der Waals surface area contributed by atoms with E-state index in [9.17, 15) is 0 Å². The summed E-state index contributed by atoms with van der Waals surface area (Å²) in [5.41, 5.74) is 5.07. The quantitative estimate of drug-likeness (QED) is 0.668. The molecule has 0 atom stereocenters. The SMILES string of the molecule is Cc1cc(CNCC2CCCCC2)c(C)n1-c1nc2ccccc2s1. The lowest BCUT2D eigenvalue weighted by atomic mass is 9.89. The van der Waals surface area contributed by atoms with Crippen molar-refractivity contribution in [2.24, 2.45) is 5.92 Å². The fourth-order valence-corrected chi connectivity index (χ4v) is 5.14. The number of aryl methyl sites for hydroxylation is 1. The van der Waals surface area contributed by atoms with E-state index in [4.69, 9.17) is 4.98 Å². The Balaban J connectivity index is 1.50. The zero-order chi connectivity index (χ0) is 17.2. The van der Waals surface area contributed by atoms with Gasteiger partial charge < -0.3 is 5.32 Å². The largest absolute Gasteiger partial charge is 0.312 e. The fourth-order valence-electron chi connectivity index (χ4n) is 4.06. The van der Waals surface area contributed by atoms with Crippen LogP contribution in [0.2, 0.25) is 0 Å². The van der Waals surface area contributed by atoms with Crippen molar-refractivity contribution < 1.29 is 0 Å². The second-order valence-corrected chi connectivity index (χ2v) is 8.34. The Labute approximate surface area is 154 Å². The van der Waals surface area contributed by atoms with Gasteiger partial charge >= 0.3 is 0 Å². The molecule has 1 N–H and O–H groups in total. The Bertz CT molecular complexity index is 822. The number of para-hydroxylation sites is 1. The van der Waals surface area contributed by atoms with Gasteiger partial charge in [0.25, 0.3) is 0 Å². The van der Waals surface area contributed by atoms with Crippen molar-refractivity contribution >= 4 is 21.6 Å². The number of thiazole rings is 1. The van der Waals surface area contributed by atoms with Crippen molar-refractivity contribution in [2.75, 3.05) is 6.54 Å². The van der Waals surface area contributed by atoms with E-state index in [1.165, 1.54) is 53.8 Å². The zero-order valence-corrected chi connectivity index (χ0v) is 16.0. The molecule has 0 bridgehead atoms. The predicted molar refractivity (Wildman–Crippen MR) is 107 cm³/mol. The monoisotopic (exact) mass is 353 g/mol. The first-order valence-corrected chi connectivity index (χ1v) is 10.3. The van der Waals surface area contributed by atoms with Gasteiger partial charge in [0.15, 0.2) is 5.13 Å². The van der Waals surface area contributed by atoms with E-state index in [0.717, 1.165) is 29.7 Å². The van der Waals surface area contributed by atoms with Crippen LogP contribution >= 0.6 is 11.3 Å². The van der Waals surface area contributed by atoms with Gasteiger partial charge in [0.1, 0.15) is 0 Å². The maximum atomic E-state index is 4.83. The molecule has 25 heavy (non-hydrogen) atoms. The number of benzene rings is 1. The van der Waals surface area contributed by atoms with Gasteiger partial charge in [-0.1, -0.05) is 42.7 Å². The third-order valence-corrected chi connectivity index (χ3v) is 6.50. The molecule has 1 fully saturated rings. The zero-order valence-electron chi connectivity index (χ0n) is 15.2. The average Bonchev–Trinajstić information content (AvgIpc) is 3.16. The van der Waals surface area contributed by atoms with Gasteiger partial charge in [-0.3, -0.25) is 4.57 Å². The Hall–Kier alpha value is -1.65. The molecule has 0 aliphatic heterocycles. The summed E-state index contributed by atoms with van der Waals surface area (Å²) in [6.45, 7) is 6.52. The Morgan fingerprint density at radius 1 is 1.16 bits per heavy atom. The smallest absolute Gasteiger partial charge is 0.195 e. The molecule has 2 aromatic heterocycles. The third kappa shape index (κ3) is 3.51. The Morgan fingerprint density at radius 3 is 2.76 bits per heavy atom. The maximum absolute atomic E-state index is 4.83. The van der Waals surface area contributed by atoms with Gasteiger partial charge in [-0.05, 0) is 62.9 Å². The molecule has 0 saturated heterocycles. The Morgan fingerprint density at radius 2 is 1.96 bits per heavy atom. The van der Waals surface area contributed by atoms with Gasteiger partial charge in [0.05, 0.1) is 10.2 Å². The molecular weight excluding hydrogens is 326 g/mol. The lowest BCUT2D eigenvalue weighted by molar-refractivity contribution is 0.342. The minimum Gasteiger partial charge on any atom is -0.312 e. The molecule has 4 rings (SSSR count). The number of rotatable bonds is 5. The third-order valence-electron chi connectivity index (χ3n) is 5.48. The van der Waals surface area contributed by atoms with Crippen LogP contribution in [0.25, 0.3) is 15.3 Å². The van der Waals surface area contributed by atoms with Crippen LogP contribution in [-0.4, -0.2) is 16.1 Å². The van der Waals surface area contributed by atoms with Crippen LogP contribution in [0.1, 0.15) is 49.1 Å². The lowest BCUT2D eigenvalue weighted by Crippen LogP contribution is -2.24. The molecular formula is C21H27N3S. The van der Waals surface area contributed by atoms with Crippen molar-refractivity contribution in [3.05, 3.63) is 47.3 Å². The van der Waals surface area contributed by atoms with E-state index in [1.807, 2.05) is 0 Å². The average molecular weight is 354 g/mol. The number of aromatic nitrogens is 2. The van der Waals surface area contributed by atoms with E-state index in [1.54, 1.807) is 11.3 Å². The molecule has 1 saturated carbocycles. The van der Waals surface area contributed by atoms with E-state index in [-0.39, 0.29) is 0 Å². The van der Waals surface area contributed by atoms with Crippen LogP contribution in [0.15, 0.2) is 30.3 Å². The van der Waals surface area contributed by atoms with Crippen molar-refractivity contribution in [1.82, 2.24) is 14.9 Å². The molecule has 3 nitrogen and oxygen atoms in total. The summed E-state index contributed by atoms with van der Waals surface area (Å²) in [7, 11) is 0. The summed E-state index contributed by atoms with van der Waals surface area (Å²) in [5, 5.41) is 4.78. The first kappa shape index (κ1) is 16.8. The molecule has 0 spiro atoms. The lowest BCUT2D eigenvalue weighted by Gasteiger charge is -2.21. The molecule has 4 heteroatoms. The Kier molecular flexibility index (Phi) is 4.91. The van der Waals surface area contributed by atoms with Crippen LogP contribution in [0.4, 0.5) is 0 Å². The minimum absolute atomic E-state index is 0.876. The molecule has 0 unspecified atom stereocenters. The van der Waals surface area contributed by atoms with Crippen LogP contribution in [0, 0.1) is 19.8 Å². The van der Waals surface area contributed by atoms with Crippen LogP contribution in [0.3, 0.4) is 0 Å². The second-order valence-electron chi connectivity index (χ2n) is 7.33. The molecule has 132 valence electrons. The first-order chi connectivity index (χ1) is 12.2. The van der Waals surface area contributed by atoms with Gasteiger partial charge in [-0.2, -0.15) is 0 Å². The maximum Gasteiger partial charge on any atom is 0.195 e. The molecule has 1 aliphatic carbocycles. The first-order valence-electron chi connectivity index (χ1n) is 9.47. The highest BCUT2D eigenvalue weighted by Gasteiger charge is 2.16. The molecule has 2 heterocycles. The highest BCUT2D eigenvalue weighted by atomic mass is 32.1. The van der Waals surface area contributed by atoms with E-state index >= 15 is 0 Å². The summed E-state index contributed by atoms with van der Waals surface area (Å²) >= 11 is 1.77. The summed E-state index contributed by atoms with van der Waals surface area (Å²) < 4.78 is 3.56. The highest BCUT2D eigenvalue weighted by Crippen LogP contribution is 2.29. The molecule has 0 amide bonds. The molecule has 1 aliphatic rings. The molecule has 1 aromatic carbocycles. The van der Waals surface area contributed by atoms with Crippen LogP contribution in [0.5, 0.6) is 0 Å². The van der Waals surface area contributed by atoms with Gasteiger partial charge in [0.2, 0.25) is 0 Å². The highest BCUT2D eigenvalue weighted by molar-refractivity contribution is 7.20. The van der Waals surface area contributed by atoms with Crippen molar-refractivity contribution in [3.8, 4) is 5.13 Å². The fraction of sp³-hybridized carbons (Fsp3) is 0.476. The molecule has 0 radical (unpaired) electrons. The number of hydrogen-bond acceptors (Lipinski definition) is 3. The van der Waals surface area contributed by atoms with Crippen molar-refractivity contribution in [3.63, 3.8) is 0 Å². The van der Waals surface area contributed by atoms with E-state index in [0.29, 0.717) is 0 Å². The van der Waals surface area contributed by atoms with E-state index < -0.39 is 0 Å². The van der Waals surface area contributed by atoms with Gasteiger partial charge in [0, 0.05) is 17.9 Å². The minimum atomic E-state index is 0.876.